The Kier molecular flexibility index (Phi) is 3.17. The smallest absolute Gasteiger partial charge is 0.267 e. The minimum atomic E-state index is -1.11. The molecule has 1 amide bonds. The number of ether oxygens (including phenoxy) is 1. The lowest BCUT2D eigenvalue weighted by Gasteiger charge is -2.24. The van der Waals surface area contributed by atoms with Crippen molar-refractivity contribution in [2.75, 3.05) is 14.2 Å². The standard InChI is InChI=1S/C15H15N3O2S/c1-18-13(19)15(17-14(18)16,12-7-4-8-21-12)10-5-3-6-11(9-10)20-2/h3-9H,1-2H3,(H2,16,17). The molecule has 1 aliphatic rings. The first-order chi connectivity index (χ1) is 10.1. The van der Waals surface area contributed by atoms with E-state index < -0.39 is 5.54 Å². The lowest BCUT2D eigenvalue weighted by Crippen LogP contribution is -2.40. The van der Waals surface area contributed by atoms with Crippen molar-refractivity contribution in [3.05, 3.63) is 52.2 Å². The summed E-state index contributed by atoms with van der Waals surface area (Å²) in [6.45, 7) is 0. The molecule has 2 heterocycles. The summed E-state index contributed by atoms with van der Waals surface area (Å²) in [6.07, 6.45) is 0. The topological polar surface area (TPSA) is 67.9 Å². The Hall–Kier alpha value is -2.34. The van der Waals surface area contributed by atoms with Gasteiger partial charge in [0.15, 0.2) is 5.96 Å². The zero-order valence-electron chi connectivity index (χ0n) is 11.7. The molecule has 0 spiro atoms. The highest BCUT2D eigenvalue weighted by Crippen LogP contribution is 2.42. The zero-order chi connectivity index (χ0) is 15.0. The van der Waals surface area contributed by atoms with Crippen molar-refractivity contribution in [2.45, 2.75) is 5.54 Å². The van der Waals surface area contributed by atoms with Crippen molar-refractivity contribution in [1.82, 2.24) is 4.90 Å². The first-order valence-corrected chi connectivity index (χ1v) is 7.29. The molecule has 108 valence electrons. The van der Waals surface area contributed by atoms with E-state index in [9.17, 15) is 4.79 Å². The Balaban J connectivity index is 2.26. The van der Waals surface area contributed by atoms with Crippen LogP contribution in [0.25, 0.3) is 0 Å². The van der Waals surface area contributed by atoms with Crippen LogP contribution in [0.5, 0.6) is 5.75 Å². The van der Waals surface area contributed by atoms with Gasteiger partial charge in [-0.15, -0.1) is 11.3 Å². The fourth-order valence-corrected chi connectivity index (χ4v) is 3.35. The quantitative estimate of drug-likeness (QED) is 0.939. The first-order valence-electron chi connectivity index (χ1n) is 6.41. The van der Waals surface area contributed by atoms with Gasteiger partial charge < -0.3 is 10.5 Å². The molecule has 0 fully saturated rings. The third kappa shape index (κ3) is 1.91. The monoisotopic (exact) mass is 301 g/mol. The molecular formula is C15H15N3O2S. The molecule has 0 bridgehead atoms. The molecule has 1 aromatic heterocycles. The maximum Gasteiger partial charge on any atom is 0.267 e. The van der Waals surface area contributed by atoms with Crippen LogP contribution in [0.3, 0.4) is 0 Å². The number of rotatable bonds is 3. The maximum absolute atomic E-state index is 12.8. The molecule has 6 heteroatoms. The molecule has 21 heavy (non-hydrogen) atoms. The summed E-state index contributed by atoms with van der Waals surface area (Å²) in [6, 6.07) is 11.2. The molecule has 0 saturated heterocycles. The van der Waals surface area contributed by atoms with Crippen molar-refractivity contribution in [3.8, 4) is 5.75 Å². The van der Waals surface area contributed by atoms with Gasteiger partial charge in [0.1, 0.15) is 5.75 Å². The van der Waals surface area contributed by atoms with Crippen molar-refractivity contribution < 1.29 is 9.53 Å². The summed E-state index contributed by atoms with van der Waals surface area (Å²) < 4.78 is 5.26. The number of carbonyl (C=O) groups excluding carboxylic acids is 1. The normalized spacial score (nSPS) is 21.5. The summed E-state index contributed by atoms with van der Waals surface area (Å²) in [7, 11) is 3.23. The number of hydrogen-bond donors (Lipinski definition) is 1. The number of amides is 1. The SMILES string of the molecule is COc1cccc(C2(c3cccs3)N=C(N)N(C)C2=O)c1. The predicted octanol–water partition coefficient (Wildman–Crippen LogP) is 1.79. The largest absolute Gasteiger partial charge is 0.497 e. The van der Waals surface area contributed by atoms with E-state index in [1.165, 1.54) is 16.2 Å². The van der Waals surface area contributed by atoms with Crippen molar-refractivity contribution in [1.29, 1.82) is 0 Å². The van der Waals surface area contributed by atoms with Crippen molar-refractivity contribution >= 4 is 23.2 Å². The van der Waals surface area contributed by atoms with Crippen LogP contribution in [-0.2, 0) is 10.3 Å². The third-order valence-corrected chi connectivity index (χ3v) is 4.58. The number of thiophene rings is 1. The molecule has 0 saturated carbocycles. The lowest BCUT2D eigenvalue weighted by atomic mass is 9.88. The van der Waals surface area contributed by atoms with Crippen LogP contribution in [0.4, 0.5) is 0 Å². The highest BCUT2D eigenvalue weighted by Gasteiger charge is 2.50. The van der Waals surface area contributed by atoms with Crippen LogP contribution in [0.15, 0.2) is 46.8 Å². The molecular weight excluding hydrogens is 286 g/mol. The molecule has 1 atom stereocenters. The van der Waals surface area contributed by atoms with Gasteiger partial charge in [0.25, 0.3) is 5.91 Å². The molecule has 0 radical (unpaired) electrons. The van der Waals surface area contributed by atoms with Gasteiger partial charge in [-0.2, -0.15) is 0 Å². The van der Waals surface area contributed by atoms with Gasteiger partial charge in [-0.1, -0.05) is 18.2 Å². The van der Waals surface area contributed by atoms with E-state index in [2.05, 4.69) is 4.99 Å². The second kappa shape index (κ2) is 4.89. The van der Waals surface area contributed by atoms with Crippen molar-refractivity contribution in [3.63, 3.8) is 0 Å². The molecule has 2 N–H and O–H groups in total. The summed E-state index contributed by atoms with van der Waals surface area (Å²) in [5.41, 5.74) is 5.53. The Morgan fingerprint density at radius 3 is 2.71 bits per heavy atom. The van der Waals surface area contributed by atoms with E-state index in [1.807, 2.05) is 41.8 Å². The Labute approximate surface area is 126 Å². The van der Waals surface area contributed by atoms with Crippen molar-refractivity contribution in [2.24, 2.45) is 10.7 Å². The number of aliphatic imine (C=N–C) groups is 1. The zero-order valence-corrected chi connectivity index (χ0v) is 12.6. The summed E-state index contributed by atoms with van der Waals surface area (Å²) in [5, 5.41) is 1.93. The average molecular weight is 301 g/mol. The fraction of sp³-hybridized carbons (Fsp3) is 0.200. The lowest BCUT2D eigenvalue weighted by molar-refractivity contribution is -0.129. The Morgan fingerprint density at radius 1 is 1.33 bits per heavy atom. The predicted molar refractivity (Wildman–Crippen MR) is 82.5 cm³/mol. The number of hydrogen-bond acceptors (Lipinski definition) is 5. The minimum absolute atomic E-state index is 0.157. The number of nitrogens with zero attached hydrogens (tertiary/aromatic N) is 2. The van der Waals surface area contributed by atoms with E-state index in [0.717, 1.165) is 10.4 Å². The third-order valence-electron chi connectivity index (χ3n) is 3.61. The van der Waals surface area contributed by atoms with Crippen LogP contribution >= 0.6 is 11.3 Å². The van der Waals surface area contributed by atoms with Gasteiger partial charge in [0, 0.05) is 11.9 Å². The van der Waals surface area contributed by atoms with E-state index in [0.29, 0.717) is 5.75 Å². The van der Waals surface area contributed by atoms with Crippen LogP contribution in [0.1, 0.15) is 10.4 Å². The number of carbonyl (C=O) groups is 1. The number of nitrogens with two attached hydrogens (primary N) is 1. The number of benzene rings is 1. The number of methoxy groups -OCH3 is 1. The highest BCUT2D eigenvalue weighted by molar-refractivity contribution is 7.10. The molecule has 1 aliphatic heterocycles. The Bertz CT molecular complexity index is 711. The van der Waals surface area contributed by atoms with Gasteiger partial charge in [0.05, 0.1) is 7.11 Å². The minimum Gasteiger partial charge on any atom is -0.497 e. The fourth-order valence-electron chi connectivity index (χ4n) is 2.46. The molecule has 5 nitrogen and oxygen atoms in total. The molecule has 1 unspecified atom stereocenters. The highest BCUT2D eigenvalue weighted by atomic mass is 32.1. The second-order valence-electron chi connectivity index (χ2n) is 4.75. The van der Waals surface area contributed by atoms with Crippen LogP contribution < -0.4 is 10.5 Å². The second-order valence-corrected chi connectivity index (χ2v) is 5.70. The molecule has 1 aromatic carbocycles. The van der Waals surface area contributed by atoms with Gasteiger partial charge in [-0.25, -0.2) is 4.99 Å². The number of guanidine groups is 1. The number of likely N-dealkylation sites (N-methyl/N-ethyl adjacent to an activating group) is 1. The van der Waals surface area contributed by atoms with Gasteiger partial charge in [-0.3, -0.25) is 9.69 Å². The van der Waals surface area contributed by atoms with E-state index in [1.54, 1.807) is 14.2 Å². The summed E-state index contributed by atoms with van der Waals surface area (Å²) in [4.78, 5) is 19.6. The maximum atomic E-state index is 12.8. The Morgan fingerprint density at radius 2 is 2.14 bits per heavy atom. The van der Waals surface area contributed by atoms with E-state index in [4.69, 9.17) is 10.5 Å². The van der Waals surface area contributed by atoms with Crippen LogP contribution in [0, 0.1) is 0 Å². The molecule has 3 rings (SSSR count). The van der Waals surface area contributed by atoms with Gasteiger partial charge in [-0.05, 0) is 29.1 Å². The molecule has 0 aliphatic carbocycles. The average Bonchev–Trinajstić information content (AvgIpc) is 3.11. The van der Waals surface area contributed by atoms with E-state index >= 15 is 0 Å². The summed E-state index contributed by atoms with van der Waals surface area (Å²) >= 11 is 1.48. The van der Waals surface area contributed by atoms with Crippen LogP contribution in [-0.4, -0.2) is 30.9 Å². The van der Waals surface area contributed by atoms with Gasteiger partial charge >= 0.3 is 0 Å². The van der Waals surface area contributed by atoms with Crippen LogP contribution in [0.2, 0.25) is 0 Å². The first kappa shape index (κ1) is 13.6. The van der Waals surface area contributed by atoms with E-state index in [-0.39, 0.29) is 11.9 Å². The summed E-state index contributed by atoms with van der Waals surface area (Å²) in [5.74, 6) is 0.742. The molecule has 2 aromatic rings. The van der Waals surface area contributed by atoms with Gasteiger partial charge in [0.2, 0.25) is 5.54 Å².